The first-order valence-corrected chi connectivity index (χ1v) is 9.87. The predicted octanol–water partition coefficient (Wildman–Crippen LogP) is 1.57. The molecule has 2 saturated heterocycles. The highest BCUT2D eigenvalue weighted by atomic mass is 16.6. The van der Waals surface area contributed by atoms with Gasteiger partial charge in [-0.3, -0.25) is 14.4 Å². The first kappa shape index (κ1) is 19.3. The number of aryl methyl sites for hydroxylation is 1. The molecule has 7 heteroatoms. The van der Waals surface area contributed by atoms with Crippen LogP contribution in [0.1, 0.15) is 45.6 Å². The summed E-state index contributed by atoms with van der Waals surface area (Å²) in [6.07, 6.45) is 6.13. The van der Waals surface area contributed by atoms with E-state index < -0.39 is 6.10 Å². The van der Waals surface area contributed by atoms with Gasteiger partial charge >= 0.3 is 0 Å². The van der Waals surface area contributed by atoms with Gasteiger partial charge in [0, 0.05) is 50.4 Å². The average molecular weight is 364 g/mol. The third kappa shape index (κ3) is 4.45. The number of amides is 1. The van der Waals surface area contributed by atoms with Crippen LogP contribution in [0.15, 0.2) is 12.4 Å². The zero-order chi connectivity index (χ0) is 18.6. The van der Waals surface area contributed by atoms with E-state index in [9.17, 15) is 4.79 Å². The lowest BCUT2D eigenvalue weighted by Gasteiger charge is -2.39. The van der Waals surface area contributed by atoms with E-state index in [0.29, 0.717) is 19.6 Å². The maximum atomic E-state index is 12.5. The normalized spacial score (nSPS) is 26.7. The Kier molecular flexibility index (Phi) is 6.32. The highest BCUT2D eigenvalue weighted by Crippen LogP contribution is 2.32. The Bertz CT molecular complexity index is 601. The molecule has 26 heavy (non-hydrogen) atoms. The largest absolute Gasteiger partial charge is 0.370 e. The molecule has 2 atom stereocenters. The second kappa shape index (κ2) is 8.50. The standard InChI is InChI=1S/C19H32N4O3/c1-4-16(5-2)21-18(24)17-9-19(14-25-17)13-22(7-8-26-19)11-15-10-20-23(6-3)12-15/h10,12,16-17H,4-9,11,13-14H2,1-3H3,(H,21,24). The van der Waals surface area contributed by atoms with Gasteiger partial charge in [0.15, 0.2) is 0 Å². The Morgan fingerprint density at radius 1 is 1.42 bits per heavy atom. The molecule has 1 N–H and O–H groups in total. The van der Waals surface area contributed by atoms with Crippen LogP contribution < -0.4 is 5.32 Å². The molecule has 0 aromatic carbocycles. The quantitative estimate of drug-likeness (QED) is 0.795. The Morgan fingerprint density at radius 3 is 2.92 bits per heavy atom. The van der Waals surface area contributed by atoms with Crippen molar-refractivity contribution in [3.05, 3.63) is 18.0 Å². The van der Waals surface area contributed by atoms with E-state index in [0.717, 1.165) is 39.0 Å². The van der Waals surface area contributed by atoms with E-state index in [1.165, 1.54) is 5.56 Å². The number of aromatic nitrogens is 2. The van der Waals surface area contributed by atoms with Crippen molar-refractivity contribution in [1.82, 2.24) is 20.0 Å². The first-order valence-electron chi connectivity index (χ1n) is 9.87. The fourth-order valence-electron chi connectivity index (χ4n) is 3.85. The molecule has 3 rings (SSSR count). The number of hydrogen-bond donors (Lipinski definition) is 1. The van der Waals surface area contributed by atoms with Gasteiger partial charge in [-0.1, -0.05) is 13.8 Å². The van der Waals surface area contributed by atoms with E-state index >= 15 is 0 Å². The predicted molar refractivity (Wildman–Crippen MR) is 98.7 cm³/mol. The van der Waals surface area contributed by atoms with Gasteiger partial charge in [0.05, 0.1) is 19.4 Å². The number of carbonyl (C=O) groups is 1. The summed E-state index contributed by atoms with van der Waals surface area (Å²) in [6, 6.07) is 0.224. The second-order valence-corrected chi connectivity index (χ2v) is 7.47. The molecule has 1 aromatic rings. The van der Waals surface area contributed by atoms with E-state index in [1.54, 1.807) is 0 Å². The molecule has 2 unspecified atom stereocenters. The Hall–Kier alpha value is -1.44. The Labute approximate surface area is 156 Å². The number of hydrogen-bond acceptors (Lipinski definition) is 5. The van der Waals surface area contributed by atoms with Crippen LogP contribution in [0.3, 0.4) is 0 Å². The number of carbonyl (C=O) groups excluding carboxylic acids is 1. The molecule has 3 heterocycles. The molecule has 0 saturated carbocycles. The van der Waals surface area contributed by atoms with Crippen molar-refractivity contribution in [1.29, 1.82) is 0 Å². The number of nitrogens with one attached hydrogen (secondary N) is 1. The van der Waals surface area contributed by atoms with Crippen molar-refractivity contribution < 1.29 is 14.3 Å². The minimum absolute atomic E-state index is 0.000482. The molecular weight excluding hydrogens is 332 g/mol. The SMILES string of the molecule is CCC(CC)NC(=O)C1CC2(CO1)CN(Cc1cnn(CC)c1)CCO2. The Balaban J connectivity index is 1.55. The topological polar surface area (TPSA) is 68.6 Å². The van der Waals surface area contributed by atoms with Gasteiger partial charge < -0.3 is 14.8 Å². The summed E-state index contributed by atoms with van der Waals surface area (Å²) in [6.45, 7) is 10.9. The molecule has 1 amide bonds. The molecule has 7 nitrogen and oxygen atoms in total. The van der Waals surface area contributed by atoms with Crippen molar-refractivity contribution in [2.45, 2.75) is 70.9 Å². The third-order valence-electron chi connectivity index (χ3n) is 5.47. The fraction of sp³-hybridized carbons (Fsp3) is 0.789. The van der Waals surface area contributed by atoms with Crippen molar-refractivity contribution in [2.75, 3.05) is 26.3 Å². The van der Waals surface area contributed by atoms with Crippen LogP contribution in [0.2, 0.25) is 0 Å². The summed E-state index contributed by atoms with van der Waals surface area (Å²) in [5, 5.41) is 7.45. The summed E-state index contributed by atoms with van der Waals surface area (Å²) in [7, 11) is 0. The van der Waals surface area contributed by atoms with Crippen molar-refractivity contribution in [3.63, 3.8) is 0 Å². The van der Waals surface area contributed by atoms with Gasteiger partial charge in [-0.2, -0.15) is 5.10 Å². The lowest BCUT2D eigenvalue weighted by Crippen LogP contribution is -2.52. The second-order valence-electron chi connectivity index (χ2n) is 7.47. The first-order chi connectivity index (χ1) is 12.6. The van der Waals surface area contributed by atoms with E-state index in [-0.39, 0.29) is 17.6 Å². The van der Waals surface area contributed by atoms with Crippen LogP contribution in [0.4, 0.5) is 0 Å². The zero-order valence-electron chi connectivity index (χ0n) is 16.2. The molecule has 1 aromatic heterocycles. The summed E-state index contributed by atoms with van der Waals surface area (Å²) < 4.78 is 13.9. The van der Waals surface area contributed by atoms with Crippen molar-refractivity contribution in [2.24, 2.45) is 0 Å². The monoisotopic (exact) mass is 364 g/mol. The van der Waals surface area contributed by atoms with Crippen LogP contribution in [0.25, 0.3) is 0 Å². The van der Waals surface area contributed by atoms with Gasteiger partial charge in [0.1, 0.15) is 11.7 Å². The maximum absolute atomic E-state index is 12.5. The van der Waals surface area contributed by atoms with Crippen LogP contribution in [0.5, 0.6) is 0 Å². The molecule has 2 aliphatic heterocycles. The highest BCUT2D eigenvalue weighted by molar-refractivity contribution is 5.81. The molecule has 0 bridgehead atoms. The molecule has 0 radical (unpaired) electrons. The maximum Gasteiger partial charge on any atom is 0.249 e. The minimum atomic E-state index is -0.404. The number of ether oxygens (including phenoxy) is 2. The zero-order valence-corrected chi connectivity index (χ0v) is 16.2. The van der Waals surface area contributed by atoms with E-state index in [2.05, 4.69) is 42.3 Å². The number of nitrogens with zero attached hydrogens (tertiary/aromatic N) is 3. The molecule has 2 aliphatic rings. The summed E-state index contributed by atoms with van der Waals surface area (Å²) >= 11 is 0. The smallest absolute Gasteiger partial charge is 0.249 e. The Morgan fingerprint density at radius 2 is 2.23 bits per heavy atom. The fourth-order valence-corrected chi connectivity index (χ4v) is 3.85. The summed E-state index contributed by atoms with van der Waals surface area (Å²) in [5.74, 6) is 0.000482. The highest BCUT2D eigenvalue weighted by Gasteiger charge is 2.47. The van der Waals surface area contributed by atoms with Gasteiger partial charge in [-0.05, 0) is 19.8 Å². The van der Waals surface area contributed by atoms with Crippen molar-refractivity contribution in [3.8, 4) is 0 Å². The van der Waals surface area contributed by atoms with Crippen molar-refractivity contribution >= 4 is 5.91 Å². The molecule has 0 aliphatic carbocycles. The van der Waals surface area contributed by atoms with Crippen LogP contribution in [-0.2, 0) is 27.4 Å². The molecule has 2 fully saturated rings. The van der Waals surface area contributed by atoms with Crippen LogP contribution in [0, 0.1) is 0 Å². The summed E-state index contributed by atoms with van der Waals surface area (Å²) in [4.78, 5) is 14.9. The lowest BCUT2D eigenvalue weighted by atomic mass is 9.97. The van der Waals surface area contributed by atoms with Gasteiger partial charge in [-0.25, -0.2) is 0 Å². The lowest BCUT2D eigenvalue weighted by molar-refractivity contribution is -0.130. The van der Waals surface area contributed by atoms with Crippen LogP contribution in [-0.4, -0.2) is 64.6 Å². The third-order valence-corrected chi connectivity index (χ3v) is 5.47. The number of morpholine rings is 1. The van der Waals surface area contributed by atoms with Gasteiger partial charge in [0.25, 0.3) is 0 Å². The molecule has 1 spiro atoms. The van der Waals surface area contributed by atoms with E-state index in [4.69, 9.17) is 9.47 Å². The van der Waals surface area contributed by atoms with Crippen LogP contribution >= 0.6 is 0 Å². The number of rotatable bonds is 7. The van der Waals surface area contributed by atoms with E-state index in [1.807, 2.05) is 10.9 Å². The van der Waals surface area contributed by atoms with Gasteiger partial charge in [0.2, 0.25) is 5.91 Å². The molecule has 146 valence electrons. The average Bonchev–Trinajstić information content (AvgIpc) is 3.27. The summed E-state index contributed by atoms with van der Waals surface area (Å²) in [5.41, 5.74) is 0.848. The van der Waals surface area contributed by atoms with Gasteiger partial charge in [-0.15, -0.1) is 0 Å². The molecular formula is C19H32N4O3. The minimum Gasteiger partial charge on any atom is -0.370 e.